The fraction of sp³-hybridized carbons (Fsp3) is 0.562. The van der Waals surface area contributed by atoms with Crippen LogP contribution in [0.5, 0.6) is 0 Å². The number of ether oxygens (including phenoxy) is 3. The minimum Gasteiger partial charge on any atom is -0.374 e. The van der Waals surface area contributed by atoms with E-state index in [0.29, 0.717) is 6.61 Å². The van der Waals surface area contributed by atoms with Crippen molar-refractivity contribution in [1.82, 2.24) is 5.06 Å². The Morgan fingerprint density at radius 1 is 1.27 bits per heavy atom. The highest BCUT2D eigenvalue weighted by Crippen LogP contribution is 2.29. The van der Waals surface area contributed by atoms with Crippen LogP contribution in [0.25, 0.3) is 0 Å². The Bertz CT molecular complexity index is 491. The highest BCUT2D eigenvalue weighted by Gasteiger charge is 2.46. The van der Waals surface area contributed by atoms with Gasteiger partial charge >= 0.3 is 0 Å². The Balaban J connectivity index is 1.93. The summed E-state index contributed by atoms with van der Waals surface area (Å²) in [5, 5.41) is 1.14. The molecule has 1 aromatic rings. The number of likely N-dealkylation sites (N-methyl/N-ethyl adjacent to an activating group) is 1. The third kappa shape index (κ3) is 4.27. The van der Waals surface area contributed by atoms with E-state index in [0.717, 1.165) is 10.6 Å². The van der Waals surface area contributed by atoms with Crippen molar-refractivity contribution in [3.8, 4) is 0 Å². The molecule has 0 unspecified atom stereocenters. The third-order valence-electron chi connectivity index (χ3n) is 3.40. The molecule has 0 spiro atoms. The second-order valence-corrected chi connectivity index (χ2v) is 5.61. The molecule has 1 aliphatic rings. The van der Waals surface area contributed by atoms with E-state index >= 15 is 0 Å². The summed E-state index contributed by atoms with van der Waals surface area (Å²) in [5.41, 5.74) is 1.07. The van der Waals surface area contributed by atoms with Crippen molar-refractivity contribution < 1.29 is 23.8 Å². The summed E-state index contributed by atoms with van der Waals surface area (Å²) in [4.78, 5) is 17.2. The quantitative estimate of drug-likeness (QED) is 0.749. The molecule has 6 heteroatoms. The first kappa shape index (κ1) is 16.9. The first-order valence-corrected chi connectivity index (χ1v) is 7.22. The Labute approximate surface area is 130 Å². The van der Waals surface area contributed by atoms with Gasteiger partial charge in [0.15, 0.2) is 11.9 Å². The number of hydrogen-bond donors (Lipinski definition) is 0. The SMILES string of the molecule is CON(C)C(=O)[C@H]1OC(C)(C)O[C@@H]1COCc1ccccc1. The molecule has 1 saturated heterocycles. The zero-order chi connectivity index (χ0) is 16.2. The first-order valence-electron chi connectivity index (χ1n) is 7.22. The maximum Gasteiger partial charge on any atom is 0.277 e. The van der Waals surface area contributed by atoms with E-state index in [9.17, 15) is 4.79 Å². The molecule has 0 aliphatic carbocycles. The monoisotopic (exact) mass is 309 g/mol. The van der Waals surface area contributed by atoms with Gasteiger partial charge in [-0.2, -0.15) is 0 Å². The molecule has 1 heterocycles. The van der Waals surface area contributed by atoms with Gasteiger partial charge in [0.1, 0.15) is 6.10 Å². The summed E-state index contributed by atoms with van der Waals surface area (Å²) < 4.78 is 17.1. The standard InChI is InChI=1S/C16H23NO5/c1-16(2)21-13(14(22-16)15(18)17(3)19-4)11-20-10-12-8-6-5-7-9-12/h5-9,13-14H,10-11H2,1-4H3/t13-,14+/m1/s1. The number of rotatable bonds is 6. The van der Waals surface area contributed by atoms with Crippen LogP contribution in [-0.4, -0.2) is 49.7 Å². The number of hydroxylamine groups is 2. The molecule has 6 nitrogen and oxygen atoms in total. The molecule has 0 bridgehead atoms. The van der Waals surface area contributed by atoms with Crippen LogP contribution in [0, 0.1) is 0 Å². The van der Waals surface area contributed by atoms with Crippen LogP contribution >= 0.6 is 0 Å². The van der Waals surface area contributed by atoms with Crippen LogP contribution in [0.15, 0.2) is 30.3 Å². The van der Waals surface area contributed by atoms with E-state index < -0.39 is 18.0 Å². The maximum atomic E-state index is 12.2. The summed E-state index contributed by atoms with van der Waals surface area (Å²) in [5.74, 6) is -1.11. The van der Waals surface area contributed by atoms with Gasteiger partial charge in [-0.25, -0.2) is 5.06 Å². The van der Waals surface area contributed by atoms with E-state index in [1.165, 1.54) is 7.11 Å². The lowest BCUT2D eigenvalue weighted by Gasteiger charge is -2.21. The van der Waals surface area contributed by atoms with Crippen LogP contribution in [-0.2, 0) is 30.4 Å². The van der Waals surface area contributed by atoms with Crippen molar-refractivity contribution in [3.05, 3.63) is 35.9 Å². The molecule has 1 fully saturated rings. The summed E-state index contributed by atoms with van der Waals surface area (Å²) in [6.45, 7) is 4.28. The van der Waals surface area contributed by atoms with E-state index in [1.807, 2.05) is 30.3 Å². The number of carbonyl (C=O) groups excluding carboxylic acids is 1. The van der Waals surface area contributed by atoms with E-state index in [2.05, 4.69) is 0 Å². The lowest BCUT2D eigenvalue weighted by atomic mass is 10.2. The first-order chi connectivity index (χ1) is 10.4. The van der Waals surface area contributed by atoms with Crippen LogP contribution in [0.1, 0.15) is 19.4 Å². The zero-order valence-corrected chi connectivity index (χ0v) is 13.4. The van der Waals surface area contributed by atoms with Crippen molar-refractivity contribution in [3.63, 3.8) is 0 Å². The van der Waals surface area contributed by atoms with Crippen LogP contribution in [0.2, 0.25) is 0 Å². The Morgan fingerprint density at radius 2 is 1.95 bits per heavy atom. The molecular weight excluding hydrogens is 286 g/mol. The van der Waals surface area contributed by atoms with Crippen molar-refractivity contribution in [2.45, 2.75) is 38.4 Å². The van der Waals surface area contributed by atoms with Gasteiger partial charge in [-0.1, -0.05) is 30.3 Å². The minimum atomic E-state index is -0.824. The normalized spacial score (nSPS) is 23.5. The second kappa shape index (κ2) is 7.19. The van der Waals surface area contributed by atoms with Gasteiger partial charge in [-0.05, 0) is 19.4 Å². The number of hydrogen-bond acceptors (Lipinski definition) is 5. The average Bonchev–Trinajstić information content (AvgIpc) is 2.81. The van der Waals surface area contributed by atoms with Crippen molar-refractivity contribution >= 4 is 5.91 Å². The highest BCUT2D eigenvalue weighted by molar-refractivity contribution is 5.80. The molecule has 0 saturated carbocycles. The molecule has 122 valence electrons. The maximum absolute atomic E-state index is 12.2. The molecule has 2 rings (SSSR count). The number of carbonyl (C=O) groups is 1. The zero-order valence-electron chi connectivity index (χ0n) is 13.4. The Kier molecular flexibility index (Phi) is 5.52. The minimum absolute atomic E-state index is 0.270. The van der Waals surface area contributed by atoms with Crippen molar-refractivity contribution in [2.75, 3.05) is 20.8 Å². The largest absolute Gasteiger partial charge is 0.374 e. The van der Waals surface area contributed by atoms with E-state index in [-0.39, 0.29) is 12.5 Å². The van der Waals surface area contributed by atoms with Gasteiger partial charge in [0.25, 0.3) is 5.91 Å². The molecule has 0 N–H and O–H groups in total. The predicted octanol–water partition coefficient (Wildman–Crippen LogP) is 1.74. The fourth-order valence-corrected chi connectivity index (χ4v) is 2.30. The van der Waals surface area contributed by atoms with Gasteiger partial charge in [0.05, 0.1) is 20.3 Å². The smallest absolute Gasteiger partial charge is 0.277 e. The number of benzene rings is 1. The molecule has 22 heavy (non-hydrogen) atoms. The topological polar surface area (TPSA) is 57.2 Å². The van der Waals surface area contributed by atoms with Gasteiger partial charge in [-0.3, -0.25) is 9.63 Å². The predicted molar refractivity (Wildman–Crippen MR) is 79.7 cm³/mol. The van der Waals surface area contributed by atoms with Gasteiger partial charge < -0.3 is 14.2 Å². The summed E-state index contributed by atoms with van der Waals surface area (Å²) in [6.07, 6.45) is -1.21. The van der Waals surface area contributed by atoms with E-state index in [4.69, 9.17) is 19.0 Å². The molecule has 0 aromatic heterocycles. The van der Waals surface area contributed by atoms with Gasteiger partial charge in [0.2, 0.25) is 0 Å². The van der Waals surface area contributed by atoms with E-state index in [1.54, 1.807) is 20.9 Å². The Morgan fingerprint density at radius 3 is 2.59 bits per heavy atom. The van der Waals surface area contributed by atoms with Crippen molar-refractivity contribution in [1.29, 1.82) is 0 Å². The Hall–Kier alpha value is -1.47. The second-order valence-electron chi connectivity index (χ2n) is 5.61. The number of nitrogens with zero attached hydrogens (tertiary/aromatic N) is 1. The van der Waals surface area contributed by atoms with Crippen LogP contribution in [0.4, 0.5) is 0 Å². The molecule has 2 atom stereocenters. The summed E-state index contributed by atoms with van der Waals surface area (Å²) in [7, 11) is 2.97. The van der Waals surface area contributed by atoms with Crippen LogP contribution in [0.3, 0.4) is 0 Å². The highest BCUT2D eigenvalue weighted by atomic mass is 16.8. The van der Waals surface area contributed by atoms with Gasteiger partial charge in [0, 0.05) is 7.05 Å². The molecule has 0 radical (unpaired) electrons. The molecule has 1 aliphatic heterocycles. The molecule has 1 amide bonds. The third-order valence-corrected chi connectivity index (χ3v) is 3.40. The lowest BCUT2D eigenvalue weighted by Crippen LogP contribution is -2.43. The summed E-state index contributed by atoms with van der Waals surface area (Å²) in [6, 6.07) is 9.83. The molecular formula is C16H23NO5. The van der Waals surface area contributed by atoms with Crippen LogP contribution < -0.4 is 0 Å². The fourth-order valence-electron chi connectivity index (χ4n) is 2.30. The summed E-state index contributed by atoms with van der Waals surface area (Å²) >= 11 is 0. The van der Waals surface area contributed by atoms with Crippen molar-refractivity contribution in [2.24, 2.45) is 0 Å². The van der Waals surface area contributed by atoms with Gasteiger partial charge in [-0.15, -0.1) is 0 Å². The average molecular weight is 309 g/mol. The molecule has 1 aromatic carbocycles. The lowest BCUT2D eigenvalue weighted by molar-refractivity contribution is -0.187. The number of amides is 1.